The second-order valence-electron chi connectivity index (χ2n) is 5.81. The molecule has 0 spiro atoms. The van der Waals surface area contributed by atoms with Gasteiger partial charge in [-0.2, -0.15) is 0 Å². The molecule has 2 heterocycles. The largest absolute Gasteiger partial charge is 0.372 e. The molecule has 27 heavy (non-hydrogen) atoms. The van der Waals surface area contributed by atoms with Crippen LogP contribution in [0, 0.1) is 17.5 Å². The molecule has 0 unspecified atom stereocenters. The Hall–Kier alpha value is -3.48. The molecule has 0 bridgehead atoms. The van der Waals surface area contributed by atoms with E-state index in [1.165, 1.54) is 12.1 Å². The smallest absolute Gasteiger partial charge is 0.180 e. The summed E-state index contributed by atoms with van der Waals surface area (Å²) in [4.78, 5) is 13.0. The molecule has 2 aromatic heterocycles. The first-order valence-corrected chi connectivity index (χ1v) is 8.13. The highest BCUT2D eigenvalue weighted by Crippen LogP contribution is 2.33. The van der Waals surface area contributed by atoms with Crippen LogP contribution in [0.25, 0.3) is 33.5 Å². The van der Waals surface area contributed by atoms with Crippen molar-refractivity contribution < 1.29 is 13.2 Å². The molecule has 4 aromatic rings. The van der Waals surface area contributed by atoms with Crippen molar-refractivity contribution in [1.29, 1.82) is 0 Å². The van der Waals surface area contributed by atoms with Crippen LogP contribution in [0.15, 0.2) is 54.7 Å². The zero-order chi connectivity index (χ0) is 19.0. The zero-order valence-electron chi connectivity index (χ0n) is 14.2. The lowest BCUT2D eigenvalue weighted by atomic mass is 10.0. The van der Waals surface area contributed by atoms with E-state index >= 15 is 4.39 Å². The van der Waals surface area contributed by atoms with E-state index in [0.29, 0.717) is 17.0 Å². The topological polar surface area (TPSA) is 50.7 Å². The first kappa shape index (κ1) is 17.0. The Balaban J connectivity index is 1.94. The van der Waals surface area contributed by atoms with Gasteiger partial charge in [-0.3, -0.25) is 4.98 Å². The molecule has 0 atom stereocenters. The third kappa shape index (κ3) is 2.97. The van der Waals surface area contributed by atoms with Crippen molar-refractivity contribution in [3.05, 3.63) is 72.2 Å². The Labute approximate surface area is 152 Å². The van der Waals surface area contributed by atoms with Crippen LogP contribution in [0.4, 0.5) is 19.0 Å². The first-order valence-electron chi connectivity index (χ1n) is 8.13. The van der Waals surface area contributed by atoms with Gasteiger partial charge in [0, 0.05) is 18.8 Å². The fraction of sp³-hybridized carbons (Fsp3) is 0.0500. The predicted molar refractivity (Wildman–Crippen MR) is 97.6 cm³/mol. The Morgan fingerprint density at radius 1 is 0.889 bits per heavy atom. The lowest BCUT2D eigenvalue weighted by Gasteiger charge is -2.12. The lowest BCUT2D eigenvalue weighted by molar-refractivity contribution is 0.509. The molecule has 0 aliphatic carbocycles. The van der Waals surface area contributed by atoms with Gasteiger partial charge in [-0.1, -0.05) is 12.1 Å². The van der Waals surface area contributed by atoms with Crippen LogP contribution in [-0.2, 0) is 0 Å². The highest BCUT2D eigenvalue weighted by molar-refractivity contribution is 5.94. The number of nitrogens with zero attached hydrogens (tertiary/aromatic N) is 3. The van der Waals surface area contributed by atoms with E-state index in [1.54, 1.807) is 31.4 Å². The number of benzene rings is 2. The molecule has 2 aromatic carbocycles. The molecule has 1 N–H and O–H groups in total. The summed E-state index contributed by atoms with van der Waals surface area (Å²) >= 11 is 0. The van der Waals surface area contributed by atoms with Crippen LogP contribution in [0.1, 0.15) is 0 Å². The van der Waals surface area contributed by atoms with Crippen LogP contribution in [0.5, 0.6) is 0 Å². The van der Waals surface area contributed by atoms with Crippen molar-refractivity contribution in [3.8, 4) is 22.6 Å². The molecule has 7 heteroatoms. The number of nitrogens with one attached hydrogen (secondary N) is 1. The van der Waals surface area contributed by atoms with Gasteiger partial charge in [-0.15, -0.1) is 0 Å². The van der Waals surface area contributed by atoms with Gasteiger partial charge in [0.1, 0.15) is 17.3 Å². The van der Waals surface area contributed by atoms with Crippen molar-refractivity contribution in [3.63, 3.8) is 0 Å². The van der Waals surface area contributed by atoms with Crippen molar-refractivity contribution in [1.82, 2.24) is 15.0 Å². The number of fused-ring (bicyclic) bond motifs is 1. The molecule has 0 aliphatic heterocycles. The number of hydrogen-bond donors (Lipinski definition) is 1. The normalized spacial score (nSPS) is 11.0. The first-order chi connectivity index (χ1) is 13.1. The quantitative estimate of drug-likeness (QED) is 0.565. The SMILES string of the molecule is CNc1nc(-c2ccccn2)nc2ccc(-c3ccc(F)c(F)c3)c(F)c12. The van der Waals surface area contributed by atoms with Crippen molar-refractivity contribution in [2.24, 2.45) is 0 Å². The summed E-state index contributed by atoms with van der Waals surface area (Å²) in [5, 5.41) is 3.03. The molecule has 134 valence electrons. The van der Waals surface area contributed by atoms with E-state index in [4.69, 9.17) is 0 Å². The average Bonchev–Trinajstić information content (AvgIpc) is 2.70. The number of aromatic nitrogens is 3. The van der Waals surface area contributed by atoms with Crippen LogP contribution in [-0.4, -0.2) is 22.0 Å². The fourth-order valence-electron chi connectivity index (χ4n) is 2.86. The Morgan fingerprint density at radius 2 is 1.74 bits per heavy atom. The second-order valence-corrected chi connectivity index (χ2v) is 5.81. The number of hydrogen-bond acceptors (Lipinski definition) is 4. The third-order valence-corrected chi connectivity index (χ3v) is 4.16. The molecule has 0 amide bonds. The molecule has 0 radical (unpaired) electrons. The molecule has 4 nitrogen and oxygen atoms in total. The highest BCUT2D eigenvalue weighted by Gasteiger charge is 2.17. The average molecular weight is 366 g/mol. The Morgan fingerprint density at radius 3 is 2.44 bits per heavy atom. The molecule has 0 aliphatic rings. The van der Waals surface area contributed by atoms with E-state index < -0.39 is 17.5 Å². The standard InChI is InChI=1S/C20H13F3N4/c1-24-20-17-15(26-19(27-20)16-4-2-3-9-25-16)8-6-12(18(17)23)11-5-7-13(21)14(22)10-11/h2-10H,1H3,(H,24,26,27). The minimum absolute atomic E-state index is 0.132. The van der Waals surface area contributed by atoms with Crippen LogP contribution >= 0.6 is 0 Å². The minimum atomic E-state index is -1.04. The molecule has 0 fully saturated rings. The summed E-state index contributed by atoms with van der Waals surface area (Å²) < 4.78 is 42.0. The lowest BCUT2D eigenvalue weighted by Crippen LogP contribution is -2.02. The van der Waals surface area contributed by atoms with Crippen LogP contribution in [0.2, 0.25) is 0 Å². The Bertz CT molecular complexity index is 1150. The van der Waals surface area contributed by atoms with Crippen molar-refractivity contribution in [2.75, 3.05) is 12.4 Å². The van der Waals surface area contributed by atoms with Gasteiger partial charge < -0.3 is 5.32 Å². The van der Waals surface area contributed by atoms with Gasteiger partial charge in [0.25, 0.3) is 0 Å². The van der Waals surface area contributed by atoms with Gasteiger partial charge in [-0.05, 0) is 42.0 Å². The van der Waals surface area contributed by atoms with E-state index in [1.807, 2.05) is 6.07 Å². The summed E-state index contributed by atoms with van der Waals surface area (Å²) in [6, 6.07) is 11.7. The molecular weight excluding hydrogens is 353 g/mol. The molecular formula is C20H13F3N4. The van der Waals surface area contributed by atoms with Gasteiger partial charge in [0.15, 0.2) is 17.5 Å². The predicted octanol–water partition coefficient (Wildman–Crippen LogP) is 4.82. The van der Waals surface area contributed by atoms with Crippen molar-refractivity contribution in [2.45, 2.75) is 0 Å². The van der Waals surface area contributed by atoms with E-state index in [-0.39, 0.29) is 22.3 Å². The van der Waals surface area contributed by atoms with Gasteiger partial charge >= 0.3 is 0 Å². The summed E-state index contributed by atoms with van der Waals surface area (Å²) in [5.41, 5.74) is 1.29. The molecule has 4 rings (SSSR count). The van der Waals surface area contributed by atoms with E-state index in [0.717, 1.165) is 12.1 Å². The maximum absolute atomic E-state index is 15.2. The summed E-state index contributed by atoms with van der Waals surface area (Å²) in [6.45, 7) is 0. The number of anilines is 1. The van der Waals surface area contributed by atoms with Gasteiger partial charge in [-0.25, -0.2) is 23.1 Å². The zero-order valence-corrected chi connectivity index (χ0v) is 14.2. The highest BCUT2D eigenvalue weighted by atomic mass is 19.2. The summed E-state index contributed by atoms with van der Waals surface area (Å²) in [7, 11) is 1.62. The van der Waals surface area contributed by atoms with E-state index in [9.17, 15) is 8.78 Å². The number of rotatable bonds is 3. The summed E-state index contributed by atoms with van der Waals surface area (Å²) in [6.07, 6.45) is 1.62. The van der Waals surface area contributed by atoms with Gasteiger partial charge in [0.05, 0.1) is 10.9 Å². The number of halogens is 3. The Kier molecular flexibility index (Phi) is 4.19. The maximum atomic E-state index is 15.2. The van der Waals surface area contributed by atoms with Gasteiger partial charge in [0.2, 0.25) is 0 Å². The molecule has 0 saturated carbocycles. The summed E-state index contributed by atoms with van der Waals surface area (Å²) in [5.74, 6) is -2.01. The third-order valence-electron chi connectivity index (χ3n) is 4.16. The second kappa shape index (κ2) is 6.68. The monoisotopic (exact) mass is 366 g/mol. The fourth-order valence-corrected chi connectivity index (χ4v) is 2.86. The maximum Gasteiger partial charge on any atom is 0.180 e. The van der Waals surface area contributed by atoms with Crippen LogP contribution in [0.3, 0.4) is 0 Å². The number of pyridine rings is 1. The van der Waals surface area contributed by atoms with Crippen molar-refractivity contribution >= 4 is 16.7 Å². The van der Waals surface area contributed by atoms with Crippen LogP contribution < -0.4 is 5.32 Å². The minimum Gasteiger partial charge on any atom is -0.372 e. The van der Waals surface area contributed by atoms with E-state index in [2.05, 4.69) is 20.3 Å². The molecule has 0 saturated heterocycles.